The molecule has 1 spiro atoms. The average molecular weight is 560 g/mol. The Morgan fingerprint density at radius 2 is 1.88 bits per heavy atom. The summed E-state index contributed by atoms with van der Waals surface area (Å²) in [5.74, 6) is 0.0867. The van der Waals surface area contributed by atoms with Crippen LogP contribution in [-0.4, -0.2) is 75.3 Å². The minimum Gasteiger partial charge on any atom is -0.434 e. The molecule has 12 heteroatoms. The summed E-state index contributed by atoms with van der Waals surface area (Å²) in [4.78, 5) is 31.4. The summed E-state index contributed by atoms with van der Waals surface area (Å²) in [7, 11) is 1.72. The number of nitrogens with zero attached hydrogens (tertiary/aromatic N) is 7. The van der Waals surface area contributed by atoms with Crippen LogP contribution in [0.4, 0.5) is 14.7 Å². The van der Waals surface area contributed by atoms with Crippen LogP contribution in [0.25, 0.3) is 16.9 Å². The first-order valence-corrected chi connectivity index (χ1v) is 13.8. The summed E-state index contributed by atoms with van der Waals surface area (Å²) in [6, 6.07) is 6.27. The highest BCUT2D eigenvalue weighted by molar-refractivity contribution is 5.98. The lowest BCUT2D eigenvalue weighted by Gasteiger charge is -2.47. The van der Waals surface area contributed by atoms with Crippen LogP contribution in [-0.2, 0) is 4.74 Å². The molecule has 4 aromatic rings. The number of alkyl halides is 2. The number of amides is 1. The number of hydrogen-bond acceptors (Lipinski definition) is 8. The van der Waals surface area contributed by atoms with Gasteiger partial charge in [-0.25, -0.2) is 19.5 Å². The number of hydrogen-bond donors (Lipinski definition) is 0. The summed E-state index contributed by atoms with van der Waals surface area (Å²) in [6.07, 6.45) is 8.07. The minimum atomic E-state index is -3.01. The number of aromatic nitrogens is 5. The molecule has 2 bridgehead atoms. The van der Waals surface area contributed by atoms with Crippen LogP contribution >= 0.6 is 0 Å². The summed E-state index contributed by atoms with van der Waals surface area (Å²) in [5.41, 5.74) is 4.75. The molecule has 0 saturated carbocycles. The van der Waals surface area contributed by atoms with Gasteiger partial charge in [-0.05, 0) is 37.5 Å². The van der Waals surface area contributed by atoms with E-state index in [0.29, 0.717) is 40.3 Å². The first-order chi connectivity index (χ1) is 19.9. The summed E-state index contributed by atoms with van der Waals surface area (Å²) in [5, 5.41) is 4.78. The molecule has 2 fully saturated rings. The van der Waals surface area contributed by atoms with Gasteiger partial charge in [0.1, 0.15) is 5.75 Å². The highest BCUT2D eigenvalue weighted by Gasteiger charge is 2.46. The quantitative estimate of drug-likeness (QED) is 0.369. The molecular formula is C29H27F2N7O3. The SMILES string of the molecule is CN1C(=O)c2cccc(OC(F)F)c2C2CC1c1nn3ccc(-c4cnc(N5CCC6(CC5)COC6)nc4)nc3c12. The maximum Gasteiger partial charge on any atom is 0.387 e. The molecule has 3 aromatic heterocycles. The molecule has 0 radical (unpaired) electrons. The van der Waals surface area contributed by atoms with Gasteiger partial charge in [0, 0.05) is 72.3 Å². The van der Waals surface area contributed by atoms with Crippen LogP contribution in [0.3, 0.4) is 0 Å². The van der Waals surface area contributed by atoms with Crippen molar-refractivity contribution in [1.82, 2.24) is 29.5 Å². The van der Waals surface area contributed by atoms with Gasteiger partial charge < -0.3 is 19.3 Å². The third-order valence-electron chi connectivity index (χ3n) is 9.18. The Bertz CT molecular complexity index is 1680. The second kappa shape index (κ2) is 8.90. The first-order valence-electron chi connectivity index (χ1n) is 13.8. The zero-order valence-corrected chi connectivity index (χ0v) is 22.3. The van der Waals surface area contributed by atoms with Crippen LogP contribution in [0.5, 0.6) is 5.75 Å². The van der Waals surface area contributed by atoms with E-state index in [1.807, 2.05) is 12.3 Å². The Morgan fingerprint density at radius 1 is 1.10 bits per heavy atom. The van der Waals surface area contributed by atoms with E-state index in [0.717, 1.165) is 56.0 Å². The van der Waals surface area contributed by atoms with E-state index in [1.165, 1.54) is 6.07 Å². The number of carbonyl (C=O) groups excluding carboxylic acids is 1. The number of piperidine rings is 1. The Balaban J connectivity index is 1.16. The number of ether oxygens (including phenoxy) is 2. The Morgan fingerprint density at radius 3 is 2.59 bits per heavy atom. The third kappa shape index (κ3) is 3.73. The number of halogens is 2. The molecule has 1 amide bonds. The normalized spacial score (nSPS) is 22.6. The molecule has 3 aliphatic heterocycles. The van der Waals surface area contributed by atoms with Crippen LogP contribution in [0, 0.1) is 5.41 Å². The summed E-state index contributed by atoms with van der Waals surface area (Å²) in [6.45, 7) is 0.519. The van der Waals surface area contributed by atoms with Crippen LogP contribution in [0.1, 0.15) is 58.4 Å². The summed E-state index contributed by atoms with van der Waals surface area (Å²) < 4.78 is 38.8. The Hall–Kier alpha value is -4.19. The number of anilines is 1. The molecule has 1 aliphatic carbocycles. The van der Waals surface area contributed by atoms with Gasteiger partial charge >= 0.3 is 6.61 Å². The van der Waals surface area contributed by atoms with Gasteiger partial charge in [-0.1, -0.05) is 6.07 Å². The molecule has 8 rings (SSSR count). The largest absolute Gasteiger partial charge is 0.434 e. The zero-order valence-electron chi connectivity index (χ0n) is 22.3. The highest BCUT2D eigenvalue weighted by Crippen LogP contribution is 2.53. The van der Waals surface area contributed by atoms with Gasteiger partial charge in [-0.3, -0.25) is 4.79 Å². The molecule has 4 aliphatic rings. The second-order valence-corrected chi connectivity index (χ2v) is 11.4. The van der Waals surface area contributed by atoms with Crippen molar-refractivity contribution in [3.05, 3.63) is 65.2 Å². The molecular weight excluding hydrogens is 532 g/mol. The lowest BCUT2D eigenvalue weighted by molar-refractivity contribution is -0.124. The lowest BCUT2D eigenvalue weighted by Crippen LogP contribution is -2.51. The molecule has 41 heavy (non-hydrogen) atoms. The van der Waals surface area contributed by atoms with E-state index < -0.39 is 6.61 Å². The van der Waals surface area contributed by atoms with Crippen molar-refractivity contribution in [2.45, 2.75) is 37.8 Å². The molecule has 6 heterocycles. The number of benzene rings is 1. The Labute approximate surface area is 233 Å². The van der Waals surface area contributed by atoms with Gasteiger partial charge in [0.25, 0.3) is 5.91 Å². The van der Waals surface area contributed by atoms with E-state index >= 15 is 0 Å². The third-order valence-corrected chi connectivity index (χ3v) is 9.18. The molecule has 210 valence electrons. The Kier molecular flexibility index (Phi) is 5.34. The van der Waals surface area contributed by atoms with Gasteiger partial charge in [0.2, 0.25) is 5.95 Å². The lowest BCUT2D eigenvalue weighted by atomic mass is 9.77. The number of carbonyl (C=O) groups is 1. The molecule has 2 saturated heterocycles. The highest BCUT2D eigenvalue weighted by atomic mass is 19.3. The minimum absolute atomic E-state index is 0.00529. The number of fused-ring (bicyclic) bond motifs is 9. The molecule has 2 atom stereocenters. The van der Waals surface area contributed by atoms with Gasteiger partial charge in [-0.15, -0.1) is 0 Å². The van der Waals surface area contributed by atoms with Crippen molar-refractivity contribution in [2.75, 3.05) is 38.3 Å². The molecule has 2 unspecified atom stereocenters. The predicted octanol–water partition coefficient (Wildman–Crippen LogP) is 4.07. The first kappa shape index (κ1) is 24.6. The van der Waals surface area contributed by atoms with Crippen molar-refractivity contribution >= 4 is 17.5 Å². The zero-order chi connectivity index (χ0) is 27.9. The second-order valence-electron chi connectivity index (χ2n) is 11.4. The van der Waals surface area contributed by atoms with E-state index in [2.05, 4.69) is 14.9 Å². The van der Waals surface area contributed by atoms with E-state index in [-0.39, 0.29) is 23.6 Å². The van der Waals surface area contributed by atoms with Crippen LogP contribution in [0.2, 0.25) is 0 Å². The smallest absolute Gasteiger partial charge is 0.387 e. The number of rotatable bonds is 4. The monoisotopic (exact) mass is 559 g/mol. The van der Waals surface area contributed by atoms with Crippen LogP contribution in [0.15, 0.2) is 42.9 Å². The van der Waals surface area contributed by atoms with Crippen LogP contribution < -0.4 is 9.64 Å². The maximum absolute atomic E-state index is 13.4. The van der Waals surface area contributed by atoms with Crippen molar-refractivity contribution in [3.63, 3.8) is 0 Å². The van der Waals surface area contributed by atoms with E-state index in [1.54, 1.807) is 41.0 Å². The molecule has 0 N–H and O–H groups in total. The van der Waals surface area contributed by atoms with Crippen molar-refractivity contribution < 1.29 is 23.0 Å². The average Bonchev–Trinajstić information content (AvgIpc) is 3.49. The fourth-order valence-corrected chi connectivity index (χ4v) is 6.86. The van der Waals surface area contributed by atoms with E-state index in [4.69, 9.17) is 19.6 Å². The van der Waals surface area contributed by atoms with Gasteiger partial charge in [-0.2, -0.15) is 13.9 Å². The fourth-order valence-electron chi connectivity index (χ4n) is 6.86. The van der Waals surface area contributed by atoms with Gasteiger partial charge in [0.15, 0.2) is 5.65 Å². The fraction of sp³-hybridized carbons (Fsp3) is 0.414. The maximum atomic E-state index is 13.4. The van der Waals surface area contributed by atoms with Crippen molar-refractivity contribution in [3.8, 4) is 17.0 Å². The predicted molar refractivity (Wildman–Crippen MR) is 143 cm³/mol. The van der Waals surface area contributed by atoms with E-state index in [9.17, 15) is 13.6 Å². The topological polar surface area (TPSA) is 98.0 Å². The standard InChI is InChI=1S/C29H27F2N7O3/c1-36-20-11-18(22-17(26(36)39)3-2-4-21(22)41-27(30)31)23-24(20)35-38-8-5-19(34-25(23)38)16-12-32-28(33-13-16)37-9-6-29(7-10-37)14-40-15-29/h2-5,8,12-13,18,20,27H,6-7,9-11,14-15H2,1H3. The van der Waals surface area contributed by atoms with Crippen molar-refractivity contribution in [2.24, 2.45) is 5.41 Å². The van der Waals surface area contributed by atoms with Gasteiger partial charge in [0.05, 0.1) is 30.6 Å². The summed E-state index contributed by atoms with van der Waals surface area (Å²) >= 11 is 0. The molecule has 1 aromatic carbocycles. The molecule has 10 nitrogen and oxygen atoms in total. The van der Waals surface area contributed by atoms with Crippen molar-refractivity contribution in [1.29, 1.82) is 0 Å².